The second-order valence-electron chi connectivity index (χ2n) is 6.36. The molecule has 1 amide bonds. The van der Waals surface area contributed by atoms with Crippen LogP contribution < -0.4 is 10.1 Å². The predicted octanol–water partition coefficient (Wildman–Crippen LogP) is 2.09. The molecule has 1 fully saturated rings. The molecule has 1 saturated heterocycles. The number of nitrogens with zero attached hydrogens (tertiary/aromatic N) is 2. The minimum Gasteiger partial charge on any atom is -0.484 e. The Morgan fingerprint density at radius 1 is 1.11 bits per heavy atom. The highest BCUT2D eigenvalue weighted by Crippen LogP contribution is 2.13. The first-order valence-electron chi connectivity index (χ1n) is 9.01. The number of nitrogens with one attached hydrogen (secondary N) is 1. The Morgan fingerprint density at radius 3 is 2.52 bits per heavy atom. The van der Waals surface area contributed by atoms with E-state index >= 15 is 0 Å². The lowest BCUT2D eigenvalue weighted by molar-refractivity contribution is -0.123. The quantitative estimate of drug-likeness (QED) is 0.813. The van der Waals surface area contributed by atoms with Crippen LogP contribution in [0.15, 0.2) is 48.5 Å². The molecule has 0 saturated carbocycles. The first-order valence-corrected chi connectivity index (χ1v) is 9.01. The largest absolute Gasteiger partial charge is 0.484 e. The molecule has 27 heavy (non-hydrogen) atoms. The predicted molar refractivity (Wildman–Crippen MR) is 101 cm³/mol. The molecule has 0 bridgehead atoms. The molecule has 0 unspecified atom stereocenters. The van der Waals surface area contributed by atoms with E-state index in [1.54, 1.807) is 24.3 Å². The molecular formula is C21H23N3O3. The number of rotatable bonds is 7. The van der Waals surface area contributed by atoms with Crippen molar-refractivity contribution in [2.24, 2.45) is 0 Å². The summed E-state index contributed by atoms with van der Waals surface area (Å²) in [6, 6.07) is 16.9. The van der Waals surface area contributed by atoms with Gasteiger partial charge in [0.25, 0.3) is 5.91 Å². The van der Waals surface area contributed by atoms with Gasteiger partial charge < -0.3 is 14.8 Å². The fourth-order valence-corrected chi connectivity index (χ4v) is 2.90. The highest BCUT2D eigenvalue weighted by atomic mass is 16.5. The van der Waals surface area contributed by atoms with Crippen LogP contribution >= 0.6 is 0 Å². The summed E-state index contributed by atoms with van der Waals surface area (Å²) in [5.41, 5.74) is 2.88. The number of nitriles is 1. The summed E-state index contributed by atoms with van der Waals surface area (Å²) in [5.74, 6) is 0.386. The van der Waals surface area contributed by atoms with E-state index in [9.17, 15) is 4.79 Å². The Bertz CT molecular complexity index is 793. The monoisotopic (exact) mass is 365 g/mol. The highest BCUT2D eigenvalue weighted by molar-refractivity contribution is 5.77. The third-order valence-corrected chi connectivity index (χ3v) is 4.45. The number of ether oxygens (including phenoxy) is 2. The molecule has 1 aliphatic heterocycles. The second kappa shape index (κ2) is 9.72. The van der Waals surface area contributed by atoms with Crippen molar-refractivity contribution in [3.05, 3.63) is 65.2 Å². The third-order valence-electron chi connectivity index (χ3n) is 4.45. The first-order chi connectivity index (χ1) is 13.2. The molecule has 6 nitrogen and oxygen atoms in total. The lowest BCUT2D eigenvalue weighted by Gasteiger charge is -2.27. The zero-order valence-corrected chi connectivity index (χ0v) is 15.2. The Kier molecular flexibility index (Phi) is 6.80. The number of hydrogen-bond acceptors (Lipinski definition) is 5. The van der Waals surface area contributed by atoms with E-state index in [0.717, 1.165) is 38.4 Å². The molecule has 0 radical (unpaired) electrons. The van der Waals surface area contributed by atoms with Gasteiger partial charge in [-0.2, -0.15) is 5.26 Å². The number of carbonyl (C=O) groups excluding carboxylic acids is 1. The number of morpholine rings is 1. The smallest absolute Gasteiger partial charge is 0.258 e. The Balaban J connectivity index is 1.48. The van der Waals surface area contributed by atoms with E-state index in [-0.39, 0.29) is 12.5 Å². The fourth-order valence-electron chi connectivity index (χ4n) is 2.90. The van der Waals surface area contributed by atoms with Crippen molar-refractivity contribution in [3.8, 4) is 11.8 Å². The molecule has 0 aromatic heterocycles. The summed E-state index contributed by atoms with van der Waals surface area (Å²) in [6.07, 6.45) is 0. The molecule has 2 aromatic carbocycles. The maximum absolute atomic E-state index is 12.1. The Morgan fingerprint density at radius 2 is 1.81 bits per heavy atom. The summed E-state index contributed by atoms with van der Waals surface area (Å²) in [7, 11) is 0. The van der Waals surface area contributed by atoms with E-state index in [1.165, 1.54) is 5.56 Å². The summed E-state index contributed by atoms with van der Waals surface area (Å²) in [5, 5.41) is 11.7. The van der Waals surface area contributed by atoms with Crippen molar-refractivity contribution in [2.45, 2.75) is 13.1 Å². The normalized spacial score (nSPS) is 14.3. The van der Waals surface area contributed by atoms with Crippen LogP contribution in [-0.2, 0) is 22.6 Å². The van der Waals surface area contributed by atoms with Crippen molar-refractivity contribution in [3.63, 3.8) is 0 Å². The topological polar surface area (TPSA) is 74.6 Å². The standard InChI is InChI=1S/C21H23N3O3/c22-13-17-5-7-20(8-6-17)27-16-21(25)23-14-18-3-1-2-4-19(18)15-24-9-11-26-12-10-24/h1-8H,9-12,14-16H2,(H,23,25). The number of carbonyl (C=O) groups is 1. The zero-order valence-electron chi connectivity index (χ0n) is 15.2. The van der Waals surface area contributed by atoms with Gasteiger partial charge in [0.05, 0.1) is 24.8 Å². The van der Waals surface area contributed by atoms with Gasteiger partial charge in [0.1, 0.15) is 5.75 Å². The van der Waals surface area contributed by atoms with Crippen molar-refractivity contribution in [1.82, 2.24) is 10.2 Å². The number of hydrogen-bond donors (Lipinski definition) is 1. The highest BCUT2D eigenvalue weighted by Gasteiger charge is 2.13. The van der Waals surface area contributed by atoms with Crippen LogP contribution in [0.2, 0.25) is 0 Å². The van der Waals surface area contributed by atoms with Crippen LogP contribution in [-0.4, -0.2) is 43.7 Å². The van der Waals surface area contributed by atoms with Gasteiger partial charge in [-0.15, -0.1) is 0 Å². The third kappa shape index (κ3) is 5.81. The lowest BCUT2D eigenvalue weighted by atomic mass is 10.1. The average Bonchev–Trinajstić information content (AvgIpc) is 2.73. The van der Waals surface area contributed by atoms with E-state index < -0.39 is 0 Å². The molecule has 2 aromatic rings. The number of amides is 1. The molecular weight excluding hydrogens is 342 g/mol. The van der Waals surface area contributed by atoms with Crippen LogP contribution in [0.5, 0.6) is 5.75 Å². The van der Waals surface area contributed by atoms with Crippen molar-refractivity contribution in [2.75, 3.05) is 32.9 Å². The van der Waals surface area contributed by atoms with Gasteiger partial charge in [0.2, 0.25) is 0 Å². The number of benzene rings is 2. The average molecular weight is 365 g/mol. The van der Waals surface area contributed by atoms with Crippen molar-refractivity contribution >= 4 is 5.91 Å². The summed E-state index contributed by atoms with van der Waals surface area (Å²) >= 11 is 0. The minimum atomic E-state index is -0.180. The summed E-state index contributed by atoms with van der Waals surface area (Å²) in [6.45, 7) is 4.67. The molecule has 6 heteroatoms. The molecule has 3 rings (SSSR count). The molecule has 0 atom stereocenters. The Hall–Kier alpha value is -2.88. The van der Waals surface area contributed by atoms with Gasteiger partial charge in [0, 0.05) is 26.2 Å². The minimum absolute atomic E-state index is 0.0580. The van der Waals surface area contributed by atoms with Crippen LogP contribution in [0.1, 0.15) is 16.7 Å². The summed E-state index contributed by atoms with van der Waals surface area (Å²) in [4.78, 5) is 14.5. The summed E-state index contributed by atoms with van der Waals surface area (Å²) < 4.78 is 10.9. The van der Waals surface area contributed by atoms with E-state index in [2.05, 4.69) is 16.3 Å². The van der Waals surface area contributed by atoms with Crippen molar-refractivity contribution in [1.29, 1.82) is 5.26 Å². The Labute approximate surface area is 159 Å². The van der Waals surface area contributed by atoms with Crippen LogP contribution in [0, 0.1) is 11.3 Å². The van der Waals surface area contributed by atoms with Gasteiger partial charge >= 0.3 is 0 Å². The molecule has 1 heterocycles. The van der Waals surface area contributed by atoms with E-state index in [1.807, 2.05) is 24.3 Å². The lowest BCUT2D eigenvalue weighted by Crippen LogP contribution is -2.36. The fraction of sp³-hybridized carbons (Fsp3) is 0.333. The molecule has 1 aliphatic rings. The van der Waals surface area contributed by atoms with Crippen LogP contribution in [0.4, 0.5) is 0 Å². The molecule has 140 valence electrons. The van der Waals surface area contributed by atoms with Gasteiger partial charge in [-0.1, -0.05) is 24.3 Å². The molecule has 0 spiro atoms. The zero-order chi connectivity index (χ0) is 18.9. The SMILES string of the molecule is N#Cc1ccc(OCC(=O)NCc2ccccc2CN2CCOCC2)cc1. The maximum Gasteiger partial charge on any atom is 0.258 e. The maximum atomic E-state index is 12.1. The van der Waals surface area contributed by atoms with Crippen molar-refractivity contribution < 1.29 is 14.3 Å². The van der Waals surface area contributed by atoms with Gasteiger partial charge in [-0.3, -0.25) is 9.69 Å². The van der Waals surface area contributed by atoms with Crippen LogP contribution in [0.25, 0.3) is 0 Å². The van der Waals surface area contributed by atoms with Crippen LogP contribution in [0.3, 0.4) is 0 Å². The second-order valence-corrected chi connectivity index (χ2v) is 6.36. The first kappa shape index (κ1) is 18.9. The van der Waals surface area contributed by atoms with Gasteiger partial charge in [0.15, 0.2) is 6.61 Å². The van der Waals surface area contributed by atoms with Gasteiger partial charge in [-0.05, 0) is 35.4 Å². The molecule has 0 aliphatic carbocycles. The van der Waals surface area contributed by atoms with E-state index in [4.69, 9.17) is 14.7 Å². The van der Waals surface area contributed by atoms with E-state index in [0.29, 0.717) is 17.9 Å². The van der Waals surface area contributed by atoms with Gasteiger partial charge in [-0.25, -0.2) is 0 Å². The molecule has 1 N–H and O–H groups in total.